The smallest absolute Gasteiger partial charge is 0.254 e. The average Bonchev–Trinajstić information content (AvgIpc) is 3.07. The molecule has 122 valence electrons. The first-order valence-electron chi connectivity index (χ1n) is 8.48. The Morgan fingerprint density at radius 2 is 1.88 bits per heavy atom. The van der Waals surface area contributed by atoms with Crippen LogP contribution in [0.1, 0.15) is 34.5 Å². The van der Waals surface area contributed by atoms with Gasteiger partial charge in [-0.3, -0.25) is 4.79 Å². The lowest BCUT2D eigenvalue weighted by Crippen LogP contribution is -2.35. The number of nitrogens with zero attached hydrogens (tertiary/aromatic N) is 2. The van der Waals surface area contributed by atoms with Crippen LogP contribution in [0.25, 0.3) is 21.5 Å². The second kappa shape index (κ2) is 6.36. The van der Waals surface area contributed by atoms with Gasteiger partial charge in [-0.05, 0) is 50.5 Å². The summed E-state index contributed by atoms with van der Waals surface area (Å²) in [6.07, 6.45) is 3.43. The molecule has 0 spiro atoms. The summed E-state index contributed by atoms with van der Waals surface area (Å²) in [4.78, 5) is 22.3. The lowest BCUT2D eigenvalue weighted by atomic mass is 10.0. The predicted octanol–water partition coefficient (Wildman–Crippen LogP) is 4.90. The van der Waals surface area contributed by atoms with E-state index in [4.69, 9.17) is 4.98 Å². The van der Waals surface area contributed by atoms with Gasteiger partial charge in [-0.25, -0.2) is 4.98 Å². The molecule has 0 unspecified atom stereocenters. The van der Waals surface area contributed by atoms with E-state index in [1.165, 1.54) is 11.3 Å². The van der Waals surface area contributed by atoms with Crippen LogP contribution >= 0.6 is 11.3 Å². The van der Waals surface area contributed by atoms with Crippen LogP contribution in [0.2, 0.25) is 0 Å². The molecule has 0 aliphatic carbocycles. The molecule has 0 bridgehead atoms. The van der Waals surface area contributed by atoms with Gasteiger partial charge in [-0.15, -0.1) is 11.3 Å². The maximum Gasteiger partial charge on any atom is 0.254 e. The van der Waals surface area contributed by atoms with Gasteiger partial charge in [-0.1, -0.05) is 18.2 Å². The van der Waals surface area contributed by atoms with Crippen LogP contribution < -0.4 is 0 Å². The molecule has 4 heteroatoms. The molecule has 3 nitrogen and oxygen atoms in total. The van der Waals surface area contributed by atoms with Crippen molar-refractivity contribution in [2.24, 2.45) is 0 Å². The lowest BCUT2D eigenvalue weighted by molar-refractivity contribution is 0.0726. The summed E-state index contributed by atoms with van der Waals surface area (Å²) in [6.45, 7) is 3.82. The SMILES string of the molecule is Cc1ccc(-c2cc(C(=O)N3CCCCC3)c3ccccc3n2)s1. The Labute approximate surface area is 146 Å². The highest BCUT2D eigenvalue weighted by Gasteiger charge is 2.21. The summed E-state index contributed by atoms with van der Waals surface area (Å²) >= 11 is 1.72. The summed E-state index contributed by atoms with van der Waals surface area (Å²) in [7, 11) is 0. The molecule has 1 aliphatic rings. The Kier molecular flexibility index (Phi) is 4.07. The number of para-hydroxylation sites is 1. The third-order valence-corrected chi connectivity index (χ3v) is 5.61. The van der Waals surface area contributed by atoms with E-state index in [1.807, 2.05) is 35.2 Å². The standard InChI is InChI=1S/C20H20N2OS/c1-14-9-10-19(24-14)18-13-16(15-7-3-4-8-17(15)21-18)20(23)22-11-5-2-6-12-22/h3-4,7-10,13H,2,5-6,11-12H2,1H3. The molecule has 2 aromatic heterocycles. The topological polar surface area (TPSA) is 33.2 Å². The monoisotopic (exact) mass is 336 g/mol. The number of fused-ring (bicyclic) bond motifs is 1. The van der Waals surface area contributed by atoms with E-state index in [0.717, 1.165) is 53.0 Å². The maximum absolute atomic E-state index is 13.1. The number of thiophene rings is 1. The Morgan fingerprint density at radius 3 is 2.62 bits per heavy atom. The predicted molar refractivity (Wildman–Crippen MR) is 99.5 cm³/mol. The van der Waals surface area contributed by atoms with E-state index in [0.29, 0.717) is 0 Å². The zero-order valence-electron chi connectivity index (χ0n) is 13.8. The molecular weight excluding hydrogens is 316 g/mol. The van der Waals surface area contributed by atoms with E-state index in [9.17, 15) is 4.79 Å². The fourth-order valence-corrected chi connectivity index (χ4v) is 4.15. The fourth-order valence-electron chi connectivity index (χ4n) is 3.32. The molecule has 1 fully saturated rings. The van der Waals surface area contributed by atoms with Crippen molar-refractivity contribution in [2.75, 3.05) is 13.1 Å². The third-order valence-electron chi connectivity index (χ3n) is 4.58. The number of hydrogen-bond donors (Lipinski definition) is 0. The van der Waals surface area contributed by atoms with Crippen molar-refractivity contribution < 1.29 is 4.79 Å². The van der Waals surface area contributed by atoms with E-state index < -0.39 is 0 Å². The zero-order chi connectivity index (χ0) is 16.5. The first-order chi connectivity index (χ1) is 11.7. The minimum Gasteiger partial charge on any atom is -0.339 e. The molecule has 1 aromatic carbocycles. The number of amides is 1. The number of likely N-dealkylation sites (tertiary alicyclic amines) is 1. The van der Waals surface area contributed by atoms with Crippen molar-refractivity contribution in [3.8, 4) is 10.6 Å². The number of pyridine rings is 1. The van der Waals surface area contributed by atoms with Crippen molar-refractivity contribution in [3.63, 3.8) is 0 Å². The number of aromatic nitrogens is 1. The molecule has 3 aromatic rings. The van der Waals surface area contributed by atoms with Crippen LogP contribution in [0, 0.1) is 6.92 Å². The van der Waals surface area contributed by atoms with Gasteiger partial charge in [0.25, 0.3) is 5.91 Å². The Balaban J connectivity index is 1.84. The quantitative estimate of drug-likeness (QED) is 0.667. The molecule has 4 rings (SSSR count). The van der Waals surface area contributed by atoms with Gasteiger partial charge in [0.2, 0.25) is 0 Å². The second-order valence-corrected chi connectivity index (χ2v) is 7.62. The highest BCUT2D eigenvalue weighted by molar-refractivity contribution is 7.15. The number of benzene rings is 1. The van der Waals surface area contributed by atoms with Crippen LogP contribution in [0.15, 0.2) is 42.5 Å². The van der Waals surface area contributed by atoms with Crippen LogP contribution in [0.3, 0.4) is 0 Å². The van der Waals surface area contributed by atoms with Crippen molar-refractivity contribution in [1.29, 1.82) is 0 Å². The van der Waals surface area contributed by atoms with Crippen molar-refractivity contribution in [3.05, 3.63) is 52.9 Å². The van der Waals surface area contributed by atoms with E-state index in [2.05, 4.69) is 19.1 Å². The maximum atomic E-state index is 13.1. The largest absolute Gasteiger partial charge is 0.339 e. The summed E-state index contributed by atoms with van der Waals surface area (Å²) in [6, 6.07) is 14.1. The minimum atomic E-state index is 0.142. The molecule has 0 N–H and O–H groups in total. The van der Waals surface area contributed by atoms with Gasteiger partial charge < -0.3 is 4.90 Å². The minimum absolute atomic E-state index is 0.142. The molecular formula is C20H20N2OS. The van der Waals surface area contributed by atoms with Gasteiger partial charge >= 0.3 is 0 Å². The molecule has 1 saturated heterocycles. The van der Waals surface area contributed by atoms with Crippen LogP contribution in [-0.4, -0.2) is 28.9 Å². The van der Waals surface area contributed by atoms with Gasteiger partial charge in [-0.2, -0.15) is 0 Å². The van der Waals surface area contributed by atoms with Gasteiger partial charge in [0.1, 0.15) is 0 Å². The zero-order valence-corrected chi connectivity index (χ0v) is 14.6. The summed E-state index contributed by atoms with van der Waals surface area (Å²) in [5.41, 5.74) is 2.57. The van der Waals surface area contributed by atoms with Crippen LogP contribution in [0.5, 0.6) is 0 Å². The van der Waals surface area contributed by atoms with Gasteiger partial charge in [0.05, 0.1) is 21.7 Å². The Hall–Kier alpha value is -2.20. The van der Waals surface area contributed by atoms with E-state index in [-0.39, 0.29) is 5.91 Å². The first-order valence-corrected chi connectivity index (χ1v) is 9.30. The molecule has 1 amide bonds. The second-order valence-electron chi connectivity index (χ2n) is 6.34. The molecule has 1 aliphatic heterocycles. The number of carbonyl (C=O) groups is 1. The third kappa shape index (κ3) is 2.82. The molecule has 0 saturated carbocycles. The Bertz CT molecular complexity index is 894. The molecule has 24 heavy (non-hydrogen) atoms. The normalized spacial score (nSPS) is 15.0. The fraction of sp³-hybridized carbons (Fsp3) is 0.300. The number of carbonyl (C=O) groups excluding carboxylic acids is 1. The van der Waals surface area contributed by atoms with Crippen LogP contribution in [-0.2, 0) is 0 Å². The van der Waals surface area contributed by atoms with Gasteiger partial charge in [0.15, 0.2) is 0 Å². The molecule has 0 atom stereocenters. The van der Waals surface area contributed by atoms with E-state index in [1.54, 1.807) is 11.3 Å². The van der Waals surface area contributed by atoms with Crippen molar-refractivity contribution in [2.45, 2.75) is 26.2 Å². The summed E-state index contributed by atoms with van der Waals surface area (Å²) < 4.78 is 0. The summed E-state index contributed by atoms with van der Waals surface area (Å²) in [5, 5.41) is 0.949. The highest BCUT2D eigenvalue weighted by Crippen LogP contribution is 2.30. The molecule has 0 radical (unpaired) electrons. The first kappa shape index (κ1) is 15.3. The van der Waals surface area contributed by atoms with Crippen molar-refractivity contribution >= 4 is 28.1 Å². The Morgan fingerprint density at radius 1 is 1.08 bits per heavy atom. The average molecular weight is 336 g/mol. The number of rotatable bonds is 2. The van der Waals surface area contributed by atoms with Crippen molar-refractivity contribution in [1.82, 2.24) is 9.88 Å². The van der Waals surface area contributed by atoms with Gasteiger partial charge in [0, 0.05) is 23.4 Å². The lowest BCUT2D eigenvalue weighted by Gasteiger charge is -2.27. The number of aryl methyl sites for hydroxylation is 1. The molecule has 3 heterocycles. The highest BCUT2D eigenvalue weighted by atomic mass is 32.1. The van der Waals surface area contributed by atoms with E-state index >= 15 is 0 Å². The number of hydrogen-bond acceptors (Lipinski definition) is 3. The summed E-state index contributed by atoms with van der Waals surface area (Å²) in [5.74, 6) is 0.142. The number of piperidine rings is 1. The van der Waals surface area contributed by atoms with Crippen LogP contribution in [0.4, 0.5) is 0 Å².